The van der Waals surface area contributed by atoms with Gasteiger partial charge in [0.2, 0.25) is 0 Å². The van der Waals surface area contributed by atoms with Crippen LogP contribution in [-0.2, 0) is 0 Å². The molecule has 0 fully saturated rings. The van der Waals surface area contributed by atoms with Crippen LogP contribution in [0.2, 0.25) is 0 Å². The molecule has 1 heterocycles. The second-order valence-electron chi connectivity index (χ2n) is 1.83. The van der Waals surface area contributed by atoms with Gasteiger partial charge in [0.05, 0.1) is 12.4 Å². The van der Waals surface area contributed by atoms with Gasteiger partial charge in [-0.25, -0.2) is 0 Å². The molecule has 0 atom stereocenters. The average molecular weight is 114 g/mol. The molecular weight excluding hydrogens is 110 g/mol. The highest BCUT2D eigenvalue weighted by atomic mass is 14.6. The van der Waals surface area contributed by atoms with E-state index in [1.165, 1.54) is 0 Å². The molecule has 0 aliphatic rings. The maximum atomic E-state index is 3.01. The molecule has 1 aromatic carbocycles. The van der Waals surface area contributed by atoms with Crippen LogP contribution in [0.15, 0.2) is 18.2 Å². The number of benzene rings is 1. The zero-order valence-electron chi connectivity index (χ0n) is 4.73. The van der Waals surface area contributed by atoms with E-state index in [1.807, 2.05) is 18.2 Å². The number of nitrogens with one attached hydrogen (secondary N) is 1. The van der Waals surface area contributed by atoms with Gasteiger partial charge in [0.15, 0.2) is 0 Å². The van der Waals surface area contributed by atoms with Crippen LogP contribution in [0.3, 0.4) is 0 Å². The molecule has 1 aromatic heterocycles. The minimum absolute atomic E-state index is 0.970. The van der Waals surface area contributed by atoms with E-state index in [0.717, 1.165) is 10.8 Å². The van der Waals surface area contributed by atoms with Crippen molar-refractivity contribution in [2.75, 3.05) is 0 Å². The van der Waals surface area contributed by atoms with Crippen molar-refractivity contribution in [2.45, 2.75) is 0 Å². The van der Waals surface area contributed by atoms with Crippen molar-refractivity contribution in [1.82, 2.24) is 4.98 Å². The Morgan fingerprint density at radius 2 is 2.33 bits per heavy atom. The summed E-state index contributed by atoms with van der Waals surface area (Å²) in [5, 5.41) is 2.01. The number of rotatable bonds is 0. The lowest BCUT2D eigenvalue weighted by molar-refractivity contribution is 1.39. The lowest BCUT2D eigenvalue weighted by Gasteiger charge is -1.80. The fraction of sp³-hybridized carbons (Fsp3) is 0. The van der Waals surface area contributed by atoms with Gasteiger partial charge in [-0.05, 0) is 6.07 Å². The fourth-order valence-electron chi connectivity index (χ4n) is 0.806. The number of fused-ring (bicyclic) bond motifs is 1. The molecule has 1 heteroatoms. The van der Waals surface area contributed by atoms with E-state index < -0.39 is 0 Å². The van der Waals surface area contributed by atoms with Gasteiger partial charge in [-0.3, -0.25) is 0 Å². The molecule has 0 amide bonds. The van der Waals surface area contributed by atoms with Gasteiger partial charge in [-0.15, -0.1) is 0 Å². The summed E-state index contributed by atoms with van der Waals surface area (Å²) in [5.74, 6) is 0. The first-order chi connectivity index (χ1) is 4.47. The Hall–Kier alpha value is -1.24. The molecule has 0 spiro atoms. The zero-order chi connectivity index (χ0) is 6.10. The summed E-state index contributed by atoms with van der Waals surface area (Å²) in [5.41, 5.74) is 0. The number of H-pyrrole nitrogens is 1. The molecule has 0 unspecified atom stereocenters. The van der Waals surface area contributed by atoms with Gasteiger partial charge in [0.1, 0.15) is 0 Å². The summed E-state index contributed by atoms with van der Waals surface area (Å²) in [6, 6.07) is 8.78. The van der Waals surface area contributed by atoms with Gasteiger partial charge >= 0.3 is 0 Å². The minimum Gasteiger partial charge on any atom is -0.351 e. The van der Waals surface area contributed by atoms with E-state index in [1.54, 1.807) is 0 Å². The van der Waals surface area contributed by atoms with Crippen LogP contribution >= 0.6 is 0 Å². The summed E-state index contributed by atoms with van der Waals surface area (Å²) in [4.78, 5) is 2.76. The van der Waals surface area contributed by atoms with Crippen molar-refractivity contribution in [3.8, 4) is 0 Å². The molecule has 0 saturated carbocycles. The Morgan fingerprint density at radius 3 is 3.22 bits per heavy atom. The first kappa shape index (κ1) is 4.62. The Balaban J connectivity index is 2.95. The van der Waals surface area contributed by atoms with Gasteiger partial charge in [0, 0.05) is 10.8 Å². The van der Waals surface area contributed by atoms with Crippen molar-refractivity contribution < 1.29 is 0 Å². The molecule has 3 radical (unpaired) electrons. The predicted octanol–water partition coefficient (Wildman–Crippen LogP) is 1.57. The third-order valence-electron chi connectivity index (χ3n) is 1.24. The molecule has 1 nitrogen and oxygen atoms in total. The van der Waals surface area contributed by atoms with Crippen molar-refractivity contribution in [3.05, 3.63) is 36.7 Å². The predicted molar refractivity (Wildman–Crippen MR) is 34.8 cm³/mol. The van der Waals surface area contributed by atoms with E-state index in [0.29, 0.717) is 0 Å². The summed E-state index contributed by atoms with van der Waals surface area (Å²) in [6.45, 7) is 0. The largest absolute Gasteiger partial charge is 0.351 e. The van der Waals surface area contributed by atoms with Crippen molar-refractivity contribution in [2.24, 2.45) is 0 Å². The molecule has 41 valence electrons. The third-order valence-corrected chi connectivity index (χ3v) is 1.24. The van der Waals surface area contributed by atoms with Crippen LogP contribution in [0.4, 0.5) is 0 Å². The molecule has 1 N–H and O–H groups in total. The van der Waals surface area contributed by atoms with Crippen LogP contribution in [0.1, 0.15) is 0 Å². The van der Waals surface area contributed by atoms with Crippen LogP contribution in [-0.4, -0.2) is 4.98 Å². The Labute approximate surface area is 53.3 Å². The van der Waals surface area contributed by atoms with E-state index in [9.17, 15) is 0 Å². The van der Waals surface area contributed by atoms with Crippen molar-refractivity contribution >= 4 is 10.8 Å². The van der Waals surface area contributed by atoms with Crippen LogP contribution in [0.25, 0.3) is 10.8 Å². The maximum absolute atomic E-state index is 3.01. The van der Waals surface area contributed by atoms with E-state index in [4.69, 9.17) is 0 Å². The molecule has 2 aromatic rings. The van der Waals surface area contributed by atoms with Crippen LogP contribution in [0, 0.1) is 18.5 Å². The monoisotopic (exact) mass is 114 g/mol. The highest BCUT2D eigenvalue weighted by Crippen LogP contribution is 2.08. The second kappa shape index (κ2) is 1.62. The van der Waals surface area contributed by atoms with E-state index in [-0.39, 0.29) is 0 Å². The lowest BCUT2D eigenvalue weighted by Crippen LogP contribution is -1.59. The number of hydrogen-bond donors (Lipinski definition) is 1. The first-order valence-electron chi connectivity index (χ1n) is 2.74. The van der Waals surface area contributed by atoms with Crippen LogP contribution < -0.4 is 0 Å². The molecule has 2 rings (SSSR count). The van der Waals surface area contributed by atoms with E-state index in [2.05, 4.69) is 23.4 Å². The molecule has 0 aliphatic heterocycles. The van der Waals surface area contributed by atoms with Gasteiger partial charge in [-0.2, -0.15) is 0 Å². The molecular formula is C8H4N. The lowest BCUT2D eigenvalue weighted by atomic mass is 10.2. The second-order valence-corrected chi connectivity index (χ2v) is 1.83. The number of aromatic nitrogens is 1. The standard InChI is InChI=1S/C8H4N/c1-2-4-8-6-9-5-7(8)3-1/h1-3,9H. The van der Waals surface area contributed by atoms with Crippen LogP contribution in [0.5, 0.6) is 0 Å². The highest BCUT2D eigenvalue weighted by Gasteiger charge is 1.89. The van der Waals surface area contributed by atoms with Gasteiger partial charge in [0.25, 0.3) is 0 Å². The molecule has 0 bridgehead atoms. The highest BCUT2D eigenvalue weighted by molar-refractivity contribution is 5.79. The Morgan fingerprint density at radius 1 is 1.33 bits per heavy atom. The smallest absolute Gasteiger partial charge is 0.0717 e. The van der Waals surface area contributed by atoms with E-state index >= 15 is 0 Å². The SMILES string of the molecule is [c]1cccc2[c][nH][c]c12. The topological polar surface area (TPSA) is 15.8 Å². The third kappa shape index (κ3) is 0.617. The summed E-state index contributed by atoms with van der Waals surface area (Å²) >= 11 is 0. The summed E-state index contributed by atoms with van der Waals surface area (Å²) in [7, 11) is 0. The normalized spacial score (nSPS) is 10.2. The Bertz CT molecular complexity index is 279. The minimum atomic E-state index is 0.970. The van der Waals surface area contributed by atoms with Gasteiger partial charge in [-0.1, -0.05) is 18.2 Å². The fourth-order valence-corrected chi connectivity index (χ4v) is 0.806. The number of hydrogen-bond acceptors (Lipinski definition) is 0. The van der Waals surface area contributed by atoms with Gasteiger partial charge < -0.3 is 4.98 Å². The average Bonchev–Trinajstić information content (AvgIpc) is 2.33. The molecule has 9 heavy (non-hydrogen) atoms. The van der Waals surface area contributed by atoms with Crippen molar-refractivity contribution in [3.63, 3.8) is 0 Å². The Kier molecular flexibility index (Phi) is 0.833. The van der Waals surface area contributed by atoms with Crippen molar-refractivity contribution in [1.29, 1.82) is 0 Å². The molecule has 0 aliphatic carbocycles. The summed E-state index contributed by atoms with van der Waals surface area (Å²) < 4.78 is 0. The number of aromatic amines is 1. The maximum Gasteiger partial charge on any atom is 0.0717 e. The first-order valence-corrected chi connectivity index (χ1v) is 2.74. The zero-order valence-corrected chi connectivity index (χ0v) is 4.73. The molecule has 0 saturated heterocycles. The quantitative estimate of drug-likeness (QED) is 0.535. The summed E-state index contributed by atoms with van der Waals surface area (Å²) in [6.07, 6.45) is 5.79.